The number of aldehydes is 1. The lowest BCUT2D eigenvalue weighted by Crippen LogP contribution is -2.17. The summed E-state index contributed by atoms with van der Waals surface area (Å²) in [6.07, 6.45) is 0.706. The van der Waals surface area contributed by atoms with Gasteiger partial charge in [-0.2, -0.15) is 0 Å². The van der Waals surface area contributed by atoms with Crippen molar-refractivity contribution >= 4 is 82.5 Å². The molecule has 2 aromatic heterocycles. The molecule has 0 aliphatic carbocycles. The maximum Gasteiger partial charge on any atom is 0.167 e. The molecule has 2 heterocycles. The van der Waals surface area contributed by atoms with E-state index < -0.39 is 10.7 Å². The standard InChI is InChI=1S/C12H7Br3O2S2/c13-9-3-1-7(18-9)6(5-16)12(17)11(15)8-2-4-10(14)19-8/h1-6,11H. The molecule has 0 N–H and O–H groups in total. The molecule has 0 amide bonds. The van der Waals surface area contributed by atoms with Crippen LogP contribution in [0.2, 0.25) is 0 Å². The SMILES string of the molecule is O=CC(C(=O)C(Br)c1ccc(Br)s1)c1ccc(Br)s1. The number of carbonyl (C=O) groups is 2. The molecule has 0 aliphatic heterocycles. The Morgan fingerprint density at radius 1 is 1.05 bits per heavy atom. The summed E-state index contributed by atoms with van der Waals surface area (Å²) < 4.78 is 1.87. The molecule has 0 aromatic carbocycles. The third-order valence-electron chi connectivity index (χ3n) is 2.44. The third-order valence-corrected chi connectivity index (χ3v) is 7.08. The maximum absolute atomic E-state index is 12.4. The van der Waals surface area contributed by atoms with E-state index in [4.69, 9.17) is 0 Å². The lowest BCUT2D eigenvalue weighted by Gasteiger charge is -2.11. The molecule has 0 bridgehead atoms. The fourth-order valence-corrected chi connectivity index (χ4v) is 5.15. The van der Waals surface area contributed by atoms with Crippen molar-refractivity contribution in [3.05, 3.63) is 41.6 Å². The number of alkyl halides is 1. The van der Waals surface area contributed by atoms with E-state index in [2.05, 4.69) is 47.8 Å². The largest absolute Gasteiger partial charge is 0.302 e. The van der Waals surface area contributed by atoms with Gasteiger partial charge in [0, 0.05) is 9.75 Å². The monoisotopic (exact) mass is 484 g/mol. The summed E-state index contributed by atoms with van der Waals surface area (Å²) in [4.78, 5) is 24.8. The molecule has 0 fully saturated rings. The van der Waals surface area contributed by atoms with Crippen molar-refractivity contribution in [3.63, 3.8) is 0 Å². The van der Waals surface area contributed by atoms with Crippen LogP contribution >= 0.6 is 70.5 Å². The molecule has 2 rings (SSSR count). The minimum atomic E-state index is -0.721. The number of thiophene rings is 2. The third kappa shape index (κ3) is 3.64. The number of Topliss-reactive ketones (excluding diaryl/α,β-unsaturated/α-hetero) is 1. The molecule has 19 heavy (non-hydrogen) atoms. The number of ketones is 1. The zero-order chi connectivity index (χ0) is 14.0. The Bertz CT molecular complexity index is 606. The molecule has 2 aromatic rings. The van der Waals surface area contributed by atoms with Gasteiger partial charge in [-0.25, -0.2) is 0 Å². The second-order valence-corrected chi connectivity index (χ2v) is 9.57. The van der Waals surface area contributed by atoms with Crippen molar-refractivity contribution in [2.24, 2.45) is 0 Å². The number of hydrogen-bond donors (Lipinski definition) is 0. The van der Waals surface area contributed by atoms with Gasteiger partial charge >= 0.3 is 0 Å². The molecular formula is C12H7Br3O2S2. The highest BCUT2D eigenvalue weighted by Crippen LogP contribution is 2.37. The van der Waals surface area contributed by atoms with Gasteiger partial charge in [-0.3, -0.25) is 4.79 Å². The van der Waals surface area contributed by atoms with Crippen molar-refractivity contribution in [2.75, 3.05) is 0 Å². The van der Waals surface area contributed by atoms with Crippen LogP contribution in [0.5, 0.6) is 0 Å². The molecular weight excluding hydrogens is 480 g/mol. The first-order valence-corrected chi connectivity index (χ1v) is 9.30. The first-order valence-electron chi connectivity index (χ1n) is 5.16. The summed E-state index contributed by atoms with van der Waals surface area (Å²) in [6.45, 7) is 0. The second-order valence-electron chi connectivity index (χ2n) is 3.66. The highest BCUT2D eigenvalue weighted by Gasteiger charge is 2.29. The second kappa shape index (κ2) is 6.76. The van der Waals surface area contributed by atoms with E-state index in [1.54, 1.807) is 6.07 Å². The van der Waals surface area contributed by atoms with Gasteiger partial charge in [0.1, 0.15) is 17.0 Å². The topological polar surface area (TPSA) is 34.1 Å². The molecule has 0 saturated carbocycles. The fraction of sp³-hybridized carbons (Fsp3) is 0.167. The van der Waals surface area contributed by atoms with Crippen molar-refractivity contribution in [1.82, 2.24) is 0 Å². The normalized spacial score (nSPS) is 14.1. The highest BCUT2D eigenvalue weighted by molar-refractivity contribution is 9.11. The molecule has 7 heteroatoms. The van der Waals surface area contributed by atoms with Gasteiger partial charge in [0.05, 0.1) is 7.57 Å². The Hall–Kier alpha value is 0.180. The minimum Gasteiger partial charge on any atom is -0.302 e. The average molecular weight is 487 g/mol. The number of halogens is 3. The molecule has 0 aliphatic rings. The molecule has 2 unspecified atom stereocenters. The molecule has 0 radical (unpaired) electrons. The fourth-order valence-electron chi connectivity index (χ4n) is 1.53. The number of rotatable bonds is 5. The lowest BCUT2D eigenvalue weighted by molar-refractivity contribution is -0.123. The van der Waals surface area contributed by atoms with Gasteiger partial charge in [0.15, 0.2) is 5.78 Å². The Morgan fingerprint density at radius 3 is 2.00 bits per heavy atom. The number of carbonyl (C=O) groups excluding carboxylic acids is 2. The summed E-state index contributed by atoms with van der Waals surface area (Å²) in [5.41, 5.74) is 0. The maximum atomic E-state index is 12.4. The Morgan fingerprint density at radius 2 is 1.58 bits per heavy atom. The average Bonchev–Trinajstić information content (AvgIpc) is 2.98. The predicted octanol–water partition coefficient (Wildman–Crippen LogP) is 5.32. The van der Waals surface area contributed by atoms with Crippen LogP contribution in [0, 0.1) is 0 Å². The van der Waals surface area contributed by atoms with Crippen molar-refractivity contribution in [2.45, 2.75) is 10.7 Å². The molecule has 2 atom stereocenters. The Balaban J connectivity index is 2.24. The van der Waals surface area contributed by atoms with Crippen molar-refractivity contribution in [3.8, 4) is 0 Å². The van der Waals surface area contributed by atoms with E-state index in [9.17, 15) is 9.59 Å². The van der Waals surface area contributed by atoms with Gasteiger partial charge in [-0.15, -0.1) is 22.7 Å². The first kappa shape index (κ1) is 15.6. The van der Waals surface area contributed by atoms with Crippen LogP contribution in [-0.2, 0) is 9.59 Å². The van der Waals surface area contributed by atoms with E-state index in [1.807, 2.05) is 18.2 Å². The minimum absolute atomic E-state index is 0.140. The van der Waals surface area contributed by atoms with Crippen molar-refractivity contribution in [1.29, 1.82) is 0 Å². The summed E-state index contributed by atoms with van der Waals surface area (Å²) in [5.74, 6) is -0.861. The van der Waals surface area contributed by atoms with Crippen LogP contribution in [0.4, 0.5) is 0 Å². The Labute approximate surface area is 143 Å². The molecule has 100 valence electrons. The van der Waals surface area contributed by atoms with Gasteiger partial charge < -0.3 is 4.79 Å². The van der Waals surface area contributed by atoms with Gasteiger partial charge in [-0.05, 0) is 56.1 Å². The van der Waals surface area contributed by atoms with Gasteiger partial charge in [0.2, 0.25) is 0 Å². The van der Waals surface area contributed by atoms with Gasteiger partial charge in [0.25, 0.3) is 0 Å². The predicted molar refractivity (Wildman–Crippen MR) is 89.5 cm³/mol. The van der Waals surface area contributed by atoms with E-state index in [-0.39, 0.29) is 5.78 Å². The van der Waals surface area contributed by atoms with Crippen LogP contribution in [-0.4, -0.2) is 12.1 Å². The summed E-state index contributed by atoms with van der Waals surface area (Å²) >= 11 is 13.0. The van der Waals surface area contributed by atoms with Crippen molar-refractivity contribution < 1.29 is 9.59 Å². The first-order chi connectivity index (χ1) is 9.02. The van der Waals surface area contributed by atoms with Crippen LogP contribution in [0.25, 0.3) is 0 Å². The number of hydrogen-bond acceptors (Lipinski definition) is 4. The van der Waals surface area contributed by atoms with E-state index in [0.717, 1.165) is 17.3 Å². The van der Waals surface area contributed by atoms with E-state index in [1.165, 1.54) is 22.7 Å². The van der Waals surface area contributed by atoms with Crippen LogP contribution in [0.1, 0.15) is 20.5 Å². The summed E-state index contributed by atoms with van der Waals surface area (Å²) in [7, 11) is 0. The highest BCUT2D eigenvalue weighted by atomic mass is 79.9. The van der Waals surface area contributed by atoms with E-state index in [0.29, 0.717) is 6.29 Å². The zero-order valence-corrected chi connectivity index (χ0v) is 15.7. The van der Waals surface area contributed by atoms with Crippen LogP contribution in [0.3, 0.4) is 0 Å². The molecule has 2 nitrogen and oxygen atoms in total. The lowest BCUT2D eigenvalue weighted by atomic mass is 10.0. The smallest absolute Gasteiger partial charge is 0.167 e. The molecule has 0 spiro atoms. The zero-order valence-electron chi connectivity index (χ0n) is 9.31. The van der Waals surface area contributed by atoms with Crippen LogP contribution < -0.4 is 0 Å². The van der Waals surface area contributed by atoms with E-state index >= 15 is 0 Å². The quantitative estimate of drug-likeness (QED) is 0.325. The molecule has 0 saturated heterocycles. The Kier molecular flexibility index (Phi) is 5.54. The summed E-state index contributed by atoms with van der Waals surface area (Å²) in [6, 6.07) is 7.40. The van der Waals surface area contributed by atoms with Crippen LogP contribution in [0.15, 0.2) is 31.8 Å². The summed E-state index contributed by atoms with van der Waals surface area (Å²) in [5, 5.41) is 0. The van der Waals surface area contributed by atoms with Gasteiger partial charge in [-0.1, -0.05) is 15.9 Å².